The summed E-state index contributed by atoms with van der Waals surface area (Å²) in [4.78, 5) is 10.3. The van der Waals surface area contributed by atoms with Crippen LogP contribution in [0.2, 0.25) is 0 Å². The topological polar surface area (TPSA) is 58.8 Å². The Labute approximate surface area is 274 Å². The molecular formula is C42H23N3OS. The molecule has 0 saturated carbocycles. The second kappa shape index (κ2) is 9.70. The predicted octanol–water partition coefficient (Wildman–Crippen LogP) is 10.5. The van der Waals surface area contributed by atoms with E-state index in [2.05, 4.69) is 109 Å². The van der Waals surface area contributed by atoms with Crippen LogP contribution in [0.25, 0.3) is 54.1 Å². The molecule has 2 aliphatic rings. The number of thiophene rings is 1. The van der Waals surface area contributed by atoms with E-state index in [-0.39, 0.29) is 0 Å². The Morgan fingerprint density at radius 1 is 0.596 bits per heavy atom. The van der Waals surface area contributed by atoms with Crippen molar-refractivity contribution in [1.82, 2.24) is 9.97 Å². The van der Waals surface area contributed by atoms with Gasteiger partial charge in [0.15, 0.2) is 5.82 Å². The van der Waals surface area contributed by atoms with Gasteiger partial charge in [-0.25, -0.2) is 9.97 Å². The van der Waals surface area contributed by atoms with E-state index in [4.69, 9.17) is 14.7 Å². The fourth-order valence-electron chi connectivity index (χ4n) is 7.65. The molecule has 0 bridgehead atoms. The zero-order valence-electron chi connectivity index (χ0n) is 24.9. The summed E-state index contributed by atoms with van der Waals surface area (Å²) in [7, 11) is 0. The molecule has 47 heavy (non-hydrogen) atoms. The first-order valence-electron chi connectivity index (χ1n) is 15.6. The molecule has 1 aliphatic heterocycles. The van der Waals surface area contributed by atoms with Gasteiger partial charge in [-0.1, -0.05) is 103 Å². The molecule has 4 nitrogen and oxygen atoms in total. The van der Waals surface area contributed by atoms with E-state index in [0.717, 1.165) is 55.0 Å². The summed E-state index contributed by atoms with van der Waals surface area (Å²) in [6.07, 6.45) is 0. The van der Waals surface area contributed by atoms with Crippen molar-refractivity contribution in [3.63, 3.8) is 0 Å². The summed E-state index contributed by atoms with van der Waals surface area (Å²) in [6.45, 7) is 0. The fourth-order valence-corrected chi connectivity index (χ4v) is 8.80. The molecule has 1 aliphatic carbocycles. The average Bonchev–Trinajstić information content (AvgIpc) is 3.65. The van der Waals surface area contributed by atoms with Crippen LogP contribution in [0.5, 0.6) is 11.5 Å². The Kier molecular flexibility index (Phi) is 5.40. The van der Waals surface area contributed by atoms with Crippen LogP contribution in [-0.4, -0.2) is 9.97 Å². The largest absolute Gasteiger partial charge is 0.457 e. The van der Waals surface area contributed by atoms with Gasteiger partial charge in [0.25, 0.3) is 0 Å². The number of fused-ring (bicyclic) bond motifs is 12. The van der Waals surface area contributed by atoms with Gasteiger partial charge in [-0.3, -0.25) is 0 Å². The van der Waals surface area contributed by atoms with E-state index in [0.29, 0.717) is 11.4 Å². The Bertz CT molecular complexity index is 2600. The highest BCUT2D eigenvalue weighted by Gasteiger charge is 2.50. The SMILES string of the molecule is N#Cc1cccc(-c2nc(-c3ccc4c(c3)-c3ccccc3C43c4ccccc4Oc4ccccc43)c3sc4ccccc4c3n2)c1. The zero-order chi connectivity index (χ0) is 31.1. The molecule has 10 rings (SSSR count). The Balaban J connectivity index is 1.27. The van der Waals surface area contributed by atoms with Crippen LogP contribution in [0.3, 0.4) is 0 Å². The second-order valence-corrected chi connectivity index (χ2v) is 13.1. The van der Waals surface area contributed by atoms with Crippen molar-refractivity contribution in [2.24, 2.45) is 0 Å². The van der Waals surface area contributed by atoms with Crippen molar-refractivity contribution in [3.8, 4) is 51.3 Å². The van der Waals surface area contributed by atoms with Gasteiger partial charge in [-0.2, -0.15) is 5.26 Å². The minimum absolute atomic E-state index is 0.516. The molecule has 8 aromatic rings. The first-order chi connectivity index (χ1) is 23.2. The molecule has 0 amide bonds. The van der Waals surface area contributed by atoms with Gasteiger partial charge in [-0.15, -0.1) is 11.3 Å². The van der Waals surface area contributed by atoms with Gasteiger partial charge in [0.1, 0.15) is 11.5 Å². The highest BCUT2D eigenvalue weighted by Crippen LogP contribution is 2.62. The third-order valence-electron chi connectivity index (χ3n) is 9.59. The number of hydrogen-bond acceptors (Lipinski definition) is 5. The van der Waals surface area contributed by atoms with Crippen LogP contribution in [-0.2, 0) is 5.41 Å². The number of ether oxygens (including phenoxy) is 1. The second-order valence-electron chi connectivity index (χ2n) is 12.0. The Hall–Kier alpha value is -6.09. The van der Waals surface area contributed by atoms with Gasteiger partial charge in [0, 0.05) is 32.3 Å². The van der Waals surface area contributed by atoms with Crippen LogP contribution in [0.4, 0.5) is 0 Å². The molecule has 0 saturated heterocycles. The van der Waals surface area contributed by atoms with E-state index in [1.54, 1.807) is 11.3 Å². The predicted molar refractivity (Wildman–Crippen MR) is 188 cm³/mol. The number of hydrogen-bond donors (Lipinski definition) is 0. The van der Waals surface area contributed by atoms with Crippen molar-refractivity contribution in [3.05, 3.63) is 167 Å². The van der Waals surface area contributed by atoms with Crippen molar-refractivity contribution < 1.29 is 4.74 Å². The van der Waals surface area contributed by atoms with E-state index in [9.17, 15) is 5.26 Å². The van der Waals surface area contributed by atoms with Crippen LogP contribution < -0.4 is 4.74 Å². The first kappa shape index (κ1) is 26.2. The van der Waals surface area contributed by atoms with E-state index >= 15 is 0 Å². The van der Waals surface area contributed by atoms with E-state index < -0.39 is 5.41 Å². The van der Waals surface area contributed by atoms with Crippen LogP contribution in [0, 0.1) is 11.3 Å². The maximum Gasteiger partial charge on any atom is 0.160 e. The van der Waals surface area contributed by atoms with Gasteiger partial charge >= 0.3 is 0 Å². The monoisotopic (exact) mass is 617 g/mol. The molecule has 3 heterocycles. The maximum atomic E-state index is 9.62. The maximum absolute atomic E-state index is 9.62. The smallest absolute Gasteiger partial charge is 0.160 e. The highest BCUT2D eigenvalue weighted by molar-refractivity contribution is 7.26. The molecule has 0 radical (unpaired) electrons. The van der Waals surface area contributed by atoms with E-state index in [1.807, 2.05) is 36.4 Å². The fraction of sp³-hybridized carbons (Fsp3) is 0.0238. The molecular weight excluding hydrogens is 595 g/mol. The molecule has 6 aromatic carbocycles. The molecule has 5 heteroatoms. The summed E-state index contributed by atoms with van der Waals surface area (Å²) in [5, 5.41) is 10.7. The lowest BCUT2D eigenvalue weighted by molar-refractivity contribution is 0.436. The lowest BCUT2D eigenvalue weighted by atomic mass is 9.66. The number of nitriles is 1. The van der Waals surface area contributed by atoms with Crippen molar-refractivity contribution in [1.29, 1.82) is 5.26 Å². The normalized spacial score (nSPS) is 13.4. The van der Waals surface area contributed by atoms with E-state index in [1.165, 1.54) is 27.0 Å². The minimum Gasteiger partial charge on any atom is -0.457 e. The van der Waals surface area contributed by atoms with Gasteiger partial charge in [0.2, 0.25) is 0 Å². The van der Waals surface area contributed by atoms with Crippen molar-refractivity contribution in [2.45, 2.75) is 5.41 Å². The Morgan fingerprint density at radius 2 is 1.30 bits per heavy atom. The van der Waals surface area contributed by atoms with Gasteiger partial charge in [0.05, 0.1) is 33.0 Å². The van der Waals surface area contributed by atoms with Crippen molar-refractivity contribution >= 4 is 31.6 Å². The minimum atomic E-state index is -0.516. The molecule has 0 fully saturated rings. The molecule has 218 valence electrons. The quantitative estimate of drug-likeness (QED) is 0.194. The van der Waals surface area contributed by atoms with Crippen molar-refractivity contribution in [2.75, 3.05) is 0 Å². The summed E-state index contributed by atoms with van der Waals surface area (Å²) in [5.41, 5.74) is 10.9. The van der Waals surface area contributed by atoms with Gasteiger partial charge < -0.3 is 4.74 Å². The van der Waals surface area contributed by atoms with Gasteiger partial charge in [-0.05, 0) is 58.7 Å². The number of rotatable bonds is 2. The average molecular weight is 618 g/mol. The third kappa shape index (κ3) is 3.56. The molecule has 0 N–H and O–H groups in total. The number of aromatic nitrogens is 2. The Morgan fingerprint density at radius 3 is 2.11 bits per heavy atom. The zero-order valence-corrected chi connectivity index (χ0v) is 25.8. The van der Waals surface area contributed by atoms with Crippen LogP contribution in [0.15, 0.2) is 140 Å². The number of benzene rings is 6. The highest BCUT2D eigenvalue weighted by atomic mass is 32.1. The summed E-state index contributed by atoms with van der Waals surface area (Å²) in [6, 6.07) is 50.6. The van der Waals surface area contributed by atoms with Crippen LogP contribution >= 0.6 is 11.3 Å². The molecule has 0 unspecified atom stereocenters. The first-order valence-corrected chi connectivity index (χ1v) is 16.4. The molecule has 0 atom stereocenters. The molecule has 1 spiro atoms. The molecule has 2 aromatic heterocycles. The number of para-hydroxylation sites is 2. The summed E-state index contributed by atoms with van der Waals surface area (Å²) in [5.74, 6) is 2.37. The standard InChI is InChI=1S/C42H23N3OS/c43-24-25-10-9-11-27(22-25)41-44-38(40-39(45-41)29-13-2-8-19-37(29)47-40)26-20-21-32-30(23-26)28-12-1-3-14-31(28)42(32)33-15-4-6-17-35(33)46-36-18-7-5-16-34(36)42/h1-23H. The summed E-state index contributed by atoms with van der Waals surface area (Å²) < 4.78 is 8.72. The third-order valence-corrected chi connectivity index (χ3v) is 10.8. The van der Waals surface area contributed by atoms with Crippen LogP contribution in [0.1, 0.15) is 27.8 Å². The lowest BCUT2D eigenvalue weighted by Crippen LogP contribution is -2.32. The number of nitrogens with zero attached hydrogens (tertiary/aromatic N) is 3. The summed E-state index contributed by atoms with van der Waals surface area (Å²) >= 11 is 1.72. The lowest BCUT2D eigenvalue weighted by Gasteiger charge is -2.39.